The minimum atomic E-state index is -1.03. The highest BCUT2D eigenvalue weighted by Gasteiger charge is 2.46. The zero-order chi connectivity index (χ0) is 23.6. The number of rotatable bonds is 10. The van der Waals surface area contributed by atoms with Gasteiger partial charge in [0.25, 0.3) is 0 Å². The molecule has 3 aromatic rings. The molecule has 7 nitrogen and oxygen atoms in total. The maximum absolute atomic E-state index is 11.2. The van der Waals surface area contributed by atoms with Crippen LogP contribution in [0.1, 0.15) is 11.1 Å². The zero-order valence-corrected chi connectivity index (χ0v) is 19.4. The van der Waals surface area contributed by atoms with Crippen molar-refractivity contribution in [1.82, 2.24) is 0 Å². The molecule has 1 aliphatic heterocycles. The van der Waals surface area contributed by atoms with E-state index in [1.807, 2.05) is 91.0 Å². The predicted octanol–water partition coefficient (Wildman–Crippen LogP) is 5.35. The van der Waals surface area contributed by atoms with E-state index in [1.54, 1.807) is 0 Å². The van der Waals surface area contributed by atoms with Crippen LogP contribution in [0, 0.1) is 0 Å². The first-order valence-electron chi connectivity index (χ1n) is 11.1. The van der Waals surface area contributed by atoms with Crippen LogP contribution < -0.4 is 0 Å². The Kier molecular flexibility index (Phi) is 8.98. The highest BCUT2D eigenvalue weighted by Crippen LogP contribution is 2.36. The summed E-state index contributed by atoms with van der Waals surface area (Å²) >= 11 is 1.44. The Morgan fingerprint density at radius 2 is 1.47 bits per heavy atom. The van der Waals surface area contributed by atoms with Crippen LogP contribution in [0.3, 0.4) is 0 Å². The summed E-state index contributed by atoms with van der Waals surface area (Å²) in [7, 11) is 0. The molecule has 176 valence electrons. The maximum atomic E-state index is 11.2. The van der Waals surface area contributed by atoms with Crippen molar-refractivity contribution in [3.63, 3.8) is 0 Å². The van der Waals surface area contributed by atoms with Gasteiger partial charge in [-0.2, -0.15) is 0 Å². The third kappa shape index (κ3) is 6.61. The first kappa shape index (κ1) is 24.3. The second kappa shape index (κ2) is 12.6. The van der Waals surface area contributed by atoms with Crippen molar-refractivity contribution >= 4 is 11.8 Å². The lowest BCUT2D eigenvalue weighted by Gasteiger charge is -2.42. The zero-order valence-electron chi connectivity index (χ0n) is 18.6. The van der Waals surface area contributed by atoms with Gasteiger partial charge in [-0.25, -0.2) is 0 Å². The minimum Gasteiger partial charge on any atom is -0.388 e. The summed E-state index contributed by atoms with van der Waals surface area (Å²) in [6, 6.07) is 28.5. The molecule has 0 aliphatic carbocycles. The quantitative estimate of drug-likeness (QED) is 0.241. The molecular formula is C26H27N3O4S. The number of thioether (sulfide) groups is 1. The fraction of sp³-hybridized carbons (Fsp3) is 0.308. The van der Waals surface area contributed by atoms with Gasteiger partial charge in [0.05, 0.1) is 25.9 Å². The molecule has 1 saturated heterocycles. The van der Waals surface area contributed by atoms with Crippen molar-refractivity contribution in [1.29, 1.82) is 0 Å². The van der Waals surface area contributed by atoms with Crippen LogP contribution in [0.15, 0.2) is 101 Å². The molecule has 1 fully saturated rings. The fourth-order valence-corrected chi connectivity index (χ4v) is 4.91. The van der Waals surface area contributed by atoms with E-state index in [4.69, 9.17) is 14.2 Å². The molecule has 1 aliphatic rings. The molecule has 0 spiro atoms. The van der Waals surface area contributed by atoms with Crippen LogP contribution in [0.2, 0.25) is 0 Å². The number of aliphatic hydroxyl groups is 1. The molecule has 4 rings (SSSR count). The maximum Gasteiger partial charge on any atom is 0.119 e. The van der Waals surface area contributed by atoms with Crippen molar-refractivity contribution in [2.45, 2.75) is 47.9 Å². The molecule has 0 amide bonds. The third-order valence-corrected chi connectivity index (χ3v) is 6.67. The summed E-state index contributed by atoms with van der Waals surface area (Å²) < 4.78 is 18.3. The summed E-state index contributed by atoms with van der Waals surface area (Å²) in [4.78, 5) is 3.99. The average Bonchev–Trinajstić information content (AvgIpc) is 2.88. The molecule has 8 heteroatoms. The number of benzene rings is 3. The van der Waals surface area contributed by atoms with Gasteiger partial charge in [0.15, 0.2) is 0 Å². The number of hydrogen-bond donors (Lipinski definition) is 1. The number of ether oxygens (including phenoxy) is 3. The smallest absolute Gasteiger partial charge is 0.119 e. The second-order valence-electron chi connectivity index (χ2n) is 7.92. The molecule has 0 bridgehead atoms. The summed E-state index contributed by atoms with van der Waals surface area (Å²) in [5.74, 6) is 0. The molecule has 1 N–H and O–H groups in total. The third-order valence-electron chi connectivity index (χ3n) is 5.50. The standard InChI is InChI=1S/C26H27N3O4S/c27-29-28-23-25(32-17-20-12-6-2-7-13-20)24(30)22(18-31-16-19-10-4-1-5-11-19)33-26(23)34-21-14-8-3-9-15-21/h1-15,22-26,30H,16-18H2. The molecule has 3 aromatic carbocycles. The van der Waals surface area contributed by atoms with Crippen LogP contribution in [-0.2, 0) is 27.4 Å². The fourth-order valence-electron chi connectivity index (χ4n) is 3.78. The Morgan fingerprint density at radius 1 is 0.882 bits per heavy atom. The van der Waals surface area contributed by atoms with E-state index in [0.29, 0.717) is 6.61 Å². The normalized spacial score (nSPS) is 24.3. The molecule has 1 heterocycles. The van der Waals surface area contributed by atoms with E-state index in [-0.39, 0.29) is 13.2 Å². The van der Waals surface area contributed by atoms with Crippen molar-refractivity contribution in [3.05, 3.63) is 113 Å². The van der Waals surface area contributed by atoms with E-state index in [1.165, 1.54) is 11.8 Å². The minimum absolute atomic E-state index is 0.177. The van der Waals surface area contributed by atoms with Crippen LogP contribution in [0.25, 0.3) is 10.4 Å². The van der Waals surface area contributed by atoms with E-state index in [2.05, 4.69) is 10.0 Å². The van der Waals surface area contributed by atoms with Gasteiger partial charge in [0.2, 0.25) is 0 Å². The molecule has 5 unspecified atom stereocenters. The van der Waals surface area contributed by atoms with Gasteiger partial charge in [-0.05, 0) is 28.8 Å². The topological polar surface area (TPSA) is 96.7 Å². The van der Waals surface area contributed by atoms with E-state index < -0.39 is 29.8 Å². The number of azide groups is 1. The Morgan fingerprint density at radius 3 is 2.09 bits per heavy atom. The lowest BCUT2D eigenvalue weighted by Crippen LogP contribution is -2.57. The van der Waals surface area contributed by atoms with Crippen molar-refractivity contribution in [3.8, 4) is 0 Å². The summed E-state index contributed by atoms with van der Waals surface area (Å²) in [6.45, 7) is 0.857. The van der Waals surface area contributed by atoms with Crippen LogP contribution in [-0.4, -0.2) is 41.5 Å². The monoisotopic (exact) mass is 477 g/mol. The summed E-state index contributed by atoms with van der Waals surface area (Å²) in [6.07, 6.45) is -2.42. The van der Waals surface area contributed by atoms with Crippen LogP contribution in [0.4, 0.5) is 0 Å². The van der Waals surface area contributed by atoms with Crippen LogP contribution >= 0.6 is 11.8 Å². The van der Waals surface area contributed by atoms with E-state index in [9.17, 15) is 10.6 Å². The Bertz CT molecular complexity index is 1050. The highest BCUT2D eigenvalue weighted by molar-refractivity contribution is 7.99. The first-order chi connectivity index (χ1) is 16.7. The van der Waals surface area contributed by atoms with Crippen LogP contribution in [0.5, 0.6) is 0 Å². The summed E-state index contributed by atoms with van der Waals surface area (Å²) in [5.41, 5.74) is 10.7. The molecule has 0 radical (unpaired) electrons. The van der Waals surface area contributed by atoms with Crippen molar-refractivity contribution in [2.75, 3.05) is 6.61 Å². The van der Waals surface area contributed by atoms with Gasteiger partial charge in [0, 0.05) is 9.81 Å². The summed E-state index contributed by atoms with van der Waals surface area (Å²) in [5, 5.41) is 15.1. The van der Waals surface area contributed by atoms with Gasteiger partial charge in [-0.3, -0.25) is 0 Å². The molecule has 0 aromatic heterocycles. The Hall–Kier alpha value is -2.84. The second-order valence-corrected chi connectivity index (χ2v) is 9.09. The molecule has 5 atom stereocenters. The van der Waals surface area contributed by atoms with Gasteiger partial charge >= 0.3 is 0 Å². The number of hydrogen-bond acceptors (Lipinski definition) is 6. The van der Waals surface area contributed by atoms with Crippen molar-refractivity contribution < 1.29 is 19.3 Å². The number of aliphatic hydroxyl groups excluding tert-OH is 1. The lowest BCUT2D eigenvalue weighted by atomic mass is 9.98. The molecule has 0 saturated carbocycles. The Labute approximate surface area is 203 Å². The van der Waals surface area contributed by atoms with Gasteiger partial charge in [-0.15, -0.1) is 0 Å². The largest absolute Gasteiger partial charge is 0.388 e. The first-order valence-corrected chi connectivity index (χ1v) is 12.0. The van der Waals surface area contributed by atoms with Crippen molar-refractivity contribution in [2.24, 2.45) is 5.11 Å². The number of nitrogens with zero attached hydrogens (tertiary/aromatic N) is 3. The van der Waals surface area contributed by atoms with E-state index in [0.717, 1.165) is 16.0 Å². The molecule has 34 heavy (non-hydrogen) atoms. The Balaban J connectivity index is 1.51. The van der Waals surface area contributed by atoms with E-state index >= 15 is 0 Å². The SMILES string of the molecule is [N-]=[N+]=NC1C(Sc2ccccc2)OC(COCc2ccccc2)C(O)C1OCc1ccccc1. The average molecular weight is 478 g/mol. The highest BCUT2D eigenvalue weighted by atomic mass is 32.2. The molecular weight excluding hydrogens is 450 g/mol. The van der Waals surface area contributed by atoms with Gasteiger partial charge in [0.1, 0.15) is 23.7 Å². The predicted molar refractivity (Wildman–Crippen MR) is 131 cm³/mol. The van der Waals surface area contributed by atoms with Gasteiger partial charge in [-0.1, -0.05) is 95.7 Å². The lowest BCUT2D eigenvalue weighted by molar-refractivity contribution is -0.190. The van der Waals surface area contributed by atoms with Gasteiger partial charge < -0.3 is 19.3 Å².